The zero-order chi connectivity index (χ0) is 19.3. The molecule has 1 atom stereocenters. The average molecular weight is 368 g/mol. The Morgan fingerprint density at radius 1 is 0.893 bits per heavy atom. The summed E-state index contributed by atoms with van der Waals surface area (Å²) in [4.78, 5) is 18.0. The first-order valence-electron chi connectivity index (χ1n) is 9.63. The molecule has 1 amide bonds. The monoisotopic (exact) mass is 368 g/mol. The number of para-hydroxylation sites is 1. The van der Waals surface area contributed by atoms with Crippen LogP contribution in [0, 0.1) is 0 Å². The number of hydrogen-bond donors (Lipinski definition) is 1. The van der Waals surface area contributed by atoms with Crippen molar-refractivity contribution in [3.8, 4) is 0 Å². The van der Waals surface area contributed by atoms with E-state index in [0.29, 0.717) is 6.54 Å². The molecule has 1 aromatic heterocycles. The Morgan fingerprint density at radius 2 is 1.54 bits per heavy atom. The van der Waals surface area contributed by atoms with Gasteiger partial charge < -0.3 is 9.88 Å². The maximum absolute atomic E-state index is 12.7. The van der Waals surface area contributed by atoms with Gasteiger partial charge in [-0.1, -0.05) is 78.9 Å². The van der Waals surface area contributed by atoms with E-state index < -0.39 is 0 Å². The van der Waals surface area contributed by atoms with Gasteiger partial charge in [-0.3, -0.25) is 4.79 Å². The normalized spacial score (nSPS) is 12.0. The van der Waals surface area contributed by atoms with Gasteiger partial charge in [0.15, 0.2) is 0 Å². The maximum atomic E-state index is 12.7. The van der Waals surface area contributed by atoms with Gasteiger partial charge in [0.2, 0.25) is 5.91 Å². The molecule has 0 aliphatic rings. The van der Waals surface area contributed by atoms with Crippen LogP contribution in [0.4, 0.5) is 0 Å². The average Bonchev–Trinajstić information content (AvgIpc) is 3.15. The Morgan fingerprint density at radius 3 is 2.25 bits per heavy atom. The van der Waals surface area contributed by atoms with Gasteiger partial charge in [0, 0.05) is 30.6 Å². The second-order valence-electron chi connectivity index (χ2n) is 7.12. The van der Waals surface area contributed by atoms with Crippen LogP contribution in [0.1, 0.15) is 29.7 Å². The Balaban J connectivity index is 1.73. The van der Waals surface area contributed by atoms with Gasteiger partial charge in [-0.25, -0.2) is 0 Å². The minimum absolute atomic E-state index is 0.0295. The topological polar surface area (TPSA) is 36.1 Å². The van der Waals surface area contributed by atoms with Crippen LogP contribution in [0.25, 0.3) is 10.9 Å². The molecule has 28 heavy (non-hydrogen) atoms. The van der Waals surface area contributed by atoms with Crippen molar-refractivity contribution in [3.05, 3.63) is 108 Å². The summed E-state index contributed by atoms with van der Waals surface area (Å²) in [6.45, 7) is 2.26. The van der Waals surface area contributed by atoms with Gasteiger partial charge in [-0.2, -0.15) is 0 Å². The number of hydrogen-bond acceptors (Lipinski definition) is 1. The van der Waals surface area contributed by atoms with Crippen LogP contribution in [0.2, 0.25) is 0 Å². The number of amides is 1. The molecule has 1 N–H and O–H groups in total. The number of fused-ring (bicyclic) bond motifs is 1. The predicted molar refractivity (Wildman–Crippen MR) is 114 cm³/mol. The number of H-pyrrole nitrogens is 1. The van der Waals surface area contributed by atoms with Crippen molar-refractivity contribution >= 4 is 16.8 Å². The third-order valence-electron chi connectivity index (χ3n) is 5.25. The van der Waals surface area contributed by atoms with Crippen molar-refractivity contribution in [3.63, 3.8) is 0 Å². The van der Waals surface area contributed by atoms with E-state index in [9.17, 15) is 4.79 Å². The van der Waals surface area contributed by atoms with Crippen LogP contribution >= 0.6 is 0 Å². The summed E-state index contributed by atoms with van der Waals surface area (Å²) in [5.41, 5.74) is 4.64. The summed E-state index contributed by atoms with van der Waals surface area (Å²) < 4.78 is 0. The highest BCUT2D eigenvalue weighted by atomic mass is 16.2. The first-order chi connectivity index (χ1) is 13.7. The van der Waals surface area contributed by atoms with Crippen LogP contribution in [-0.2, 0) is 17.8 Å². The van der Waals surface area contributed by atoms with Crippen LogP contribution in [0.5, 0.6) is 0 Å². The summed E-state index contributed by atoms with van der Waals surface area (Å²) in [6, 6.07) is 28.8. The van der Waals surface area contributed by atoms with Crippen molar-refractivity contribution in [2.45, 2.75) is 25.9 Å². The summed E-state index contributed by atoms with van der Waals surface area (Å²) >= 11 is 0. The van der Waals surface area contributed by atoms with Crippen LogP contribution < -0.4 is 0 Å². The molecular formula is C25H24N2O. The molecule has 0 bridgehead atoms. The predicted octanol–water partition coefficient (Wildman–Crippen LogP) is 5.50. The van der Waals surface area contributed by atoms with Gasteiger partial charge in [0.05, 0.1) is 6.04 Å². The summed E-state index contributed by atoms with van der Waals surface area (Å²) in [5, 5.41) is 1.21. The lowest BCUT2D eigenvalue weighted by atomic mass is 9.96. The van der Waals surface area contributed by atoms with E-state index in [0.717, 1.165) is 23.1 Å². The van der Waals surface area contributed by atoms with Gasteiger partial charge in [-0.05, 0) is 29.2 Å². The molecule has 3 heteroatoms. The quantitative estimate of drug-likeness (QED) is 0.479. The number of benzene rings is 3. The van der Waals surface area contributed by atoms with E-state index in [4.69, 9.17) is 0 Å². The lowest BCUT2D eigenvalue weighted by Gasteiger charge is -2.32. The molecular weight excluding hydrogens is 344 g/mol. The van der Waals surface area contributed by atoms with Crippen molar-refractivity contribution < 1.29 is 4.79 Å². The van der Waals surface area contributed by atoms with Crippen molar-refractivity contribution in [2.75, 3.05) is 0 Å². The van der Waals surface area contributed by atoms with Crippen LogP contribution in [0.3, 0.4) is 0 Å². The van der Waals surface area contributed by atoms with Crippen LogP contribution in [-0.4, -0.2) is 15.8 Å². The molecule has 4 aromatic rings. The number of nitrogens with one attached hydrogen (secondary N) is 1. The van der Waals surface area contributed by atoms with Gasteiger partial charge in [0.1, 0.15) is 0 Å². The lowest BCUT2D eigenvalue weighted by molar-refractivity contribution is -0.132. The fourth-order valence-electron chi connectivity index (χ4n) is 3.81. The number of carbonyl (C=O) groups excluding carboxylic acids is 1. The van der Waals surface area contributed by atoms with Gasteiger partial charge in [0.25, 0.3) is 0 Å². The van der Waals surface area contributed by atoms with E-state index in [1.165, 1.54) is 10.9 Å². The second-order valence-corrected chi connectivity index (χ2v) is 7.12. The third kappa shape index (κ3) is 3.84. The van der Waals surface area contributed by atoms with E-state index in [1.807, 2.05) is 47.4 Å². The van der Waals surface area contributed by atoms with Crippen LogP contribution in [0.15, 0.2) is 91.1 Å². The van der Waals surface area contributed by atoms with Crippen molar-refractivity contribution in [1.29, 1.82) is 0 Å². The second kappa shape index (κ2) is 8.13. The Labute approximate surface area is 165 Å². The highest BCUT2D eigenvalue weighted by Crippen LogP contribution is 2.30. The Hall–Kier alpha value is -3.33. The smallest absolute Gasteiger partial charge is 0.220 e. The maximum Gasteiger partial charge on any atom is 0.220 e. The number of rotatable bonds is 6. The molecule has 0 spiro atoms. The molecule has 140 valence electrons. The summed E-state index contributed by atoms with van der Waals surface area (Å²) in [5.74, 6) is 0.0811. The van der Waals surface area contributed by atoms with E-state index in [2.05, 4.69) is 53.6 Å². The Bertz CT molecular complexity index is 1050. The van der Waals surface area contributed by atoms with Crippen molar-refractivity contribution in [1.82, 2.24) is 9.88 Å². The van der Waals surface area contributed by atoms with E-state index >= 15 is 0 Å². The first kappa shape index (κ1) is 18.1. The van der Waals surface area contributed by atoms with Gasteiger partial charge >= 0.3 is 0 Å². The molecule has 4 rings (SSSR count). The molecule has 0 aliphatic carbocycles. The number of carbonyl (C=O) groups is 1. The van der Waals surface area contributed by atoms with Gasteiger partial charge in [-0.15, -0.1) is 0 Å². The highest BCUT2D eigenvalue weighted by molar-refractivity contribution is 5.83. The zero-order valence-corrected chi connectivity index (χ0v) is 16.0. The fourth-order valence-corrected chi connectivity index (χ4v) is 3.81. The summed E-state index contributed by atoms with van der Waals surface area (Å²) in [7, 11) is 0. The molecule has 3 aromatic carbocycles. The molecule has 0 saturated carbocycles. The lowest BCUT2D eigenvalue weighted by Crippen LogP contribution is -2.34. The molecule has 0 aliphatic heterocycles. The number of aromatic nitrogens is 1. The molecule has 0 unspecified atom stereocenters. The highest BCUT2D eigenvalue weighted by Gasteiger charge is 2.24. The SMILES string of the molecule is CC(=O)N(Cc1ccccc1)[C@H](Cc1c[nH]c2ccccc12)c1ccccc1. The fraction of sp³-hybridized carbons (Fsp3) is 0.160. The number of nitrogens with zero attached hydrogens (tertiary/aromatic N) is 1. The Kier molecular flexibility index (Phi) is 5.24. The van der Waals surface area contributed by atoms with E-state index in [1.54, 1.807) is 6.92 Å². The summed E-state index contributed by atoms with van der Waals surface area (Å²) in [6.07, 6.45) is 2.84. The molecule has 0 fully saturated rings. The molecule has 3 nitrogen and oxygen atoms in total. The first-order valence-corrected chi connectivity index (χ1v) is 9.63. The molecule has 0 saturated heterocycles. The minimum Gasteiger partial charge on any atom is -0.361 e. The minimum atomic E-state index is -0.0295. The largest absolute Gasteiger partial charge is 0.361 e. The standard InChI is InChI=1S/C25H24N2O/c1-19(28)27(18-20-10-4-2-5-11-20)25(21-12-6-3-7-13-21)16-22-17-26-24-15-9-8-14-23(22)24/h2-15,17,25-26H,16,18H2,1H3/t25-/m1/s1. The number of aromatic amines is 1. The zero-order valence-electron chi connectivity index (χ0n) is 16.0. The van der Waals surface area contributed by atoms with Crippen molar-refractivity contribution in [2.24, 2.45) is 0 Å². The molecule has 0 radical (unpaired) electrons. The van der Waals surface area contributed by atoms with E-state index in [-0.39, 0.29) is 11.9 Å². The third-order valence-corrected chi connectivity index (χ3v) is 5.25. The molecule has 1 heterocycles.